The van der Waals surface area contributed by atoms with E-state index in [0.717, 1.165) is 6.07 Å². The van der Waals surface area contributed by atoms with Crippen molar-refractivity contribution in [3.05, 3.63) is 28.8 Å². The molecule has 0 saturated heterocycles. The Morgan fingerprint density at radius 2 is 2.14 bits per heavy atom. The maximum atomic E-state index is 13.0. The van der Waals surface area contributed by atoms with E-state index in [0.29, 0.717) is 0 Å². The lowest BCUT2D eigenvalue weighted by Gasteiger charge is -2.08. The molecule has 1 heterocycles. The van der Waals surface area contributed by atoms with Crippen molar-refractivity contribution in [1.82, 2.24) is 4.98 Å². The molecule has 0 aromatic carbocycles. The summed E-state index contributed by atoms with van der Waals surface area (Å²) in [6, 6.07) is 0.999. The van der Waals surface area contributed by atoms with Gasteiger partial charge in [-0.1, -0.05) is 0 Å². The summed E-state index contributed by atoms with van der Waals surface area (Å²) >= 11 is 0. The lowest BCUT2D eigenvalue weighted by molar-refractivity contribution is 0.145. The molecule has 3 nitrogen and oxygen atoms in total. The summed E-state index contributed by atoms with van der Waals surface area (Å²) in [5, 5.41) is 8.67. The van der Waals surface area contributed by atoms with Gasteiger partial charge in [-0.05, 0) is 6.07 Å². The lowest BCUT2D eigenvalue weighted by atomic mass is 10.1. The summed E-state index contributed by atoms with van der Waals surface area (Å²) in [6.45, 7) is -0.925. The zero-order valence-electron chi connectivity index (χ0n) is 7.17. The van der Waals surface area contributed by atoms with Gasteiger partial charge in [0.25, 0.3) is 6.43 Å². The molecule has 6 heteroatoms. The molecule has 1 rings (SSSR count). The van der Waals surface area contributed by atoms with E-state index in [9.17, 15) is 13.2 Å². The number of nitrogens with two attached hydrogens (primary N) is 1. The third-order valence-corrected chi connectivity index (χ3v) is 1.76. The number of halogens is 3. The van der Waals surface area contributed by atoms with Crippen molar-refractivity contribution >= 4 is 0 Å². The van der Waals surface area contributed by atoms with Crippen LogP contribution in [0.25, 0.3) is 0 Å². The summed E-state index contributed by atoms with van der Waals surface area (Å²) in [5.74, 6) is -1.09. The third-order valence-electron chi connectivity index (χ3n) is 1.76. The van der Waals surface area contributed by atoms with E-state index in [1.54, 1.807) is 0 Å². The second kappa shape index (κ2) is 4.39. The van der Waals surface area contributed by atoms with Crippen molar-refractivity contribution in [1.29, 1.82) is 0 Å². The first-order chi connectivity index (χ1) is 6.60. The maximum absolute atomic E-state index is 13.0. The van der Waals surface area contributed by atoms with E-state index < -0.39 is 30.1 Å². The molecular weight excluding hydrogens is 197 g/mol. The normalized spacial score (nSPS) is 11.0. The Bertz CT molecular complexity index is 331. The molecule has 3 N–H and O–H groups in total. The largest absolute Gasteiger partial charge is 0.391 e. The highest BCUT2D eigenvalue weighted by atomic mass is 19.3. The molecular formula is C8H9F3N2O. The molecule has 0 atom stereocenters. The summed E-state index contributed by atoms with van der Waals surface area (Å²) in [4.78, 5) is 3.32. The van der Waals surface area contributed by atoms with Gasteiger partial charge < -0.3 is 10.8 Å². The number of hydrogen-bond donors (Lipinski definition) is 2. The van der Waals surface area contributed by atoms with Gasteiger partial charge in [0.15, 0.2) is 0 Å². The first-order valence-corrected chi connectivity index (χ1v) is 3.87. The number of rotatable bonds is 3. The van der Waals surface area contributed by atoms with E-state index in [4.69, 9.17) is 10.8 Å². The Labute approximate surface area is 78.4 Å². The maximum Gasteiger partial charge on any atom is 0.264 e. The van der Waals surface area contributed by atoms with Gasteiger partial charge in [0.2, 0.25) is 5.95 Å². The van der Waals surface area contributed by atoms with E-state index in [1.807, 2.05) is 0 Å². The zero-order valence-corrected chi connectivity index (χ0v) is 7.17. The molecule has 14 heavy (non-hydrogen) atoms. The first-order valence-electron chi connectivity index (χ1n) is 3.87. The highest BCUT2D eigenvalue weighted by molar-refractivity contribution is 5.28. The molecule has 0 saturated carbocycles. The SMILES string of the molecule is NCc1cc(C(F)F)c(CO)c(F)n1. The summed E-state index contributed by atoms with van der Waals surface area (Å²) in [5.41, 5.74) is 4.15. The average molecular weight is 206 g/mol. The van der Waals surface area contributed by atoms with Crippen LogP contribution in [0, 0.1) is 5.95 Å². The summed E-state index contributed by atoms with van der Waals surface area (Å²) in [7, 11) is 0. The molecule has 0 radical (unpaired) electrons. The van der Waals surface area contributed by atoms with Crippen molar-refractivity contribution in [3.63, 3.8) is 0 Å². The van der Waals surface area contributed by atoms with Crippen molar-refractivity contribution in [2.24, 2.45) is 5.73 Å². The van der Waals surface area contributed by atoms with Crippen molar-refractivity contribution < 1.29 is 18.3 Å². The number of aromatic nitrogens is 1. The highest BCUT2D eigenvalue weighted by Gasteiger charge is 2.18. The fourth-order valence-electron chi connectivity index (χ4n) is 1.07. The highest BCUT2D eigenvalue weighted by Crippen LogP contribution is 2.24. The van der Waals surface area contributed by atoms with E-state index in [-0.39, 0.29) is 12.2 Å². The van der Waals surface area contributed by atoms with Crippen molar-refractivity contribution in [2.45, 2.75) is 19.6 Å². The van der Waals surface area contributed by atoms with Crippen LogP contribution < -0.4 is 5.73 Å². The molecule has 1 aromatic rings. The number of aliphatic hydroxyl groups is 1. The number of nitrogens with zero attached hydrogens (tertiary/aromatic N) is 1. The predicted molar refractivity (Wildman–Crippen MR) is 43.0 cm³/mol. The van der Waals surface area contributed by atoms with Gasteiger partial charge in [-0.15, -0.1) is 0 Å². The topological polar surface area (TPSA) is 59.1 Å². The van der Waals surface area contributed by atoms with E-state index in [1.165, 1.54) is 0 Å². The minimum absolute atomic E-state index is 0.0370. The van der Waals surface area contributed by atoms with Gasteiger partial charge in [0.05, 0.1) is 12.3 Å². The monoisotopic (exact) mass is 206 g/mol. The van der Waals surface area contributed by atoms with Crippen LogP contribution in [0.4, 0.5) is 13.2 Å². The lowest BCUT2D eigenvalue weighted by Crippen LogP contribution is -2.08. The van der Waals surface area contributed by atoms with Crippen LogP contribution in [0.15, 0.2) is 6.07 Å². The molecule has 0 spiro atoms. The first kappa shape index (κ1) is 10.9. The predicted octanol–water partition coefficient (Wildman–Crippen LogP) is 1.11. The minimum Gasteiger partial charge on any atom is -0.391 e. The Kier molecular flexibility index (Phi) is 3.43. The molecule has 0 aliphatic heterocycles. The second-order valence-electron chi connectivity index (χ2n) is 2.64. The summed E-state index contributed by atoms with van der Waals surface area (Å²) < 4.78 is 37.7. The molecule has 0 aliphatic rings. The zero-order chi connectivity index (χ0) is 10.7. The Hall–Kier alpha value is -1.14. The van der Waals surface area contributed by atoms with Gasteiger partial charge in [-0.25, -0.2) is 13.8 Å². The van der Waals surface area contributed by atoms with E-state index in [2.05, 4.69) is 4.98 Å². The second-order valence-corrected chi connectivity index (χ2v) is 2.64. The van der Waals surface area contributed by atoms with Gasteiger partial charge in [-0.3, -0.25) is 0 Å². The quantitative estimate of drug-likeness (QED) is 0.728. The van der Waals surface area contributed by atoms with Crippen LogP contribution in [0.1, 0.15) is 23.2 Å². The van der Waals surface area contributed by atoms with E-state index >= 15 is 0 Å². The third kappa shape index (κ3) is 2.02. The number of pyridine rings is 1. The van der Waals surface area contributed by atoms with Crippen LogP contribution in [-0.2, 0) is 13.2 Å². The Morgan fingerprint density at radius 1 is 1.50 bits per heavy atom. The van der Waals surface area contributed by atoms with Crippen LogP contribution in [0.5, 0.6) is 0 Å². The molecule has 0 aliphatic carbocycles. The van der Waals surface area contributed by atoms with Gasteiger partial charge in [0.1, 0.15) is 0 Å². The van der Waals surface area contributed by atoms with Crippen molar-refractivity contribution in [2.75, 3.05) is 0 Å². The van der Waals surface area contributed by atoms with Gasteiger partial charge in [-0.2, -0.15) is 4.39 Å². The minimum atomic E-state index is -2.85. The molecule has 0 bridgehead atoms. The Morgan fingerprint density at radius 3 is 2.57 bits per heavy atom. The summed E-state index contributed by atoms with van der Waals surface area (Å²) in [6.07, 6.45) is -2.85. The molecule has 0 amide bonds. The number of alkyl halides is 2. The van der Waals surface area contributed by atoms with Crippen LogP contribution in [0.3, 0.4) is 0 Å². The number of hydrogen-bond acceptors (Lipinski definition) is 3. The molecule has 0 fully saturated rings. The fraction of sp³-hybridized carbons (Fsp3) is 0.375. The smallest absolute Gasteiger partial charge is 0.264 e. The fourth-order valence-corrected chi connectivity index (χ4v) is 1.07. The van der Waals surface area contributed by atoms with Gasteiger partial charge >= 0.3 is 0 Å². The standard InChI is InChI=1S/C8H9F3N2O/c9-7(10)5-1-4(2-12)13-8(11)6(5)3-14/h1,7,14H,2-3,12H2. The number of aliphatic hydroxyl groups excluding tert-OH is 1. The van der Waals surface area contributed by atoms with Gasteiger partial charge in [0, 0.05) is 17.7 Å². The van der Waals surface area contributed by atoms with Crippen LogP contribution in [0.2, 0.25) is 0 Å². The molecule has 78 valence electrons. The van der Waals surface area contributed by atoms with Crippen LogP contribution >= 0.6 is 0 Å². The Balaban J connectivity index is 3.28. The molecule has 1 aromatic heterocycles. The molecule has 0 unspecified atom stereocenters. The van der Waals surface area contributed by atoms with Crippen LogP contribution in [-0.4, -0.2) is 10.1 Å². The average Bonchev–Trinajstić information content (AvgIpc) is 2.16. The van der Waals surface area contributed by atoms with Crippen molar-refractivity contribution in [3.8, 4) is 0 Å².